The number of amides is 1. The van der Waals surface area contributed by atoms with Crippen LogP contribution < -0.4 is 10.6 Å². The van der Waals surface area contributed by atoms with Crippen molar-refractivity contribution in [1.29, 1.82) is 0 Å². The normalized spacial score (nSPS) is 21.0. The Morgan fingerprint density at radius 3 is 2.86 bits per heavy atom. The Labute approximate surface area is 91.0 Å². The number of halogens is 1. The van der Waals surface area contributed by atoms with Crippen LogP contribution in [-0.2, 0) is 4.79 Å². The van der Waals surface area contributed by atoms with Crippen molar-refractivity contribution < 1.29 is 4.79 Å². The first-order valence-electron chi connectivity index (χ1n) is 4.45. The zero-order chi connectivity index (χ0) is 10.1. The first kappa shape index (κ1) is 9.68. The van der Waals surface area contributed by atoms with E-state index in [0.717, 1.165) is 10.0 Å². The molecule has 1 unspecified atom stereocenters. The summed E-state index contributed by atoms with van der Waals surface area (Å²) in [7, 11) is 0. The maximum Gasteiger partial charge on any atom is 0.235 e. The molecule has 1 aromatic carbocycles. The van der Waals surface area contributed by atoms with E-state index >= 15 is 0 Å². The molecule has 0 radical (unpaired) electrons. The fourth-order valence-corrected chi connectivity index (χ4v) is 1.75. The van der Waals surface area contributed by atoms with Gasteiger partial charge in [-0.05, 0) is 24.1 Å². The minimum absolute atomic E-state index is 0.0331. The number of carbonyl (C=O) groups excluding carboxylic acids is 1. The minimum atomic E-state index is -0.0331. The van der Waals surface area contributed by atoms with Crippen molar-refractivity contribution in [2.24, 2.45) is 0 Å². The highest BCUT2D eigenvalue weighted by Crippen LogP contribution is 2.21. The smallest absolute Gasteiger partial charge is 0.235 e. The molecule has 1 aliphatic rings. The number of rotatable bonds is 1. The molecule has 0 spiro atoms. The van der Waals surface area contributed by atoms with Crippen LogP contribution in [0.1, 0.15) is 17.3 Å². The maximum absolute atomic E-state index is 11.0. The van der Waals surface area contributed by atoms with Crippen LogP contribution in [0.2, 0.25) is 0 Å². The van der Waals surface area contributed by atoms with Gasteiger partial charge in [0.2, 0.25) is 5.91 Å². The molecule has 1 aliphatic heterocycles. The standard InChI is InChI=1S/C10H11BrN2O/c1-6-4-7(2-3-8(6)11)10-12-5-9(14)13-10/h2-4,10,12H,5H2,1H3,(H,13,14). The van der Waals surface area contributed by atoms with Gasteiger partial charge >= 0.3 is 0 Å². The highest BCUT2D eigenvalue weighted by Gasteiger charge is 2.21. The van der Waals surface area contributed by atoms with Crippen LogP contribution >= 0.6 is 15.9 Å². The first-order valence-corrected chi connectivity index (χ1v) is 5.25. The van der Waals surface area contributed by atoms with Crippen LogP contribution in [0.15, 0.2) is 22.7 Å². The predicted molar refractivity (Wildman–Crippen MR) is 57.8 cm³/mol. The predicted octanol–water partition coefficient (Wildman–Crippen LogP) is 1.48. The quantitative estimate of drug-likeness (QED) is 0.798. The van der Waals surface area contributed by atoms with Crippen LogP contribution in [0.4, 0.5) is 0 Å². The van der Waals surface area contributed by atoms with Gasteiger partial charge in [0.15, 0.2) is 0 Å². The van der Waals surface area contributed by atoms with Crippen molar-refractivity contribution in [2.45, 2.75) is 13.1 Å². The molecule has 74 valence electrons. The Morgan fingerprint density at radius 2 is 2.29 bits per heavy atom. The molecule has 0 saturated carbocycles. The molecule has 2 rings (SSSR count). The average Bonchev–Trinajstić information content (AvgIpc) is 2.57. The minimum Gasteiger partial charge on any atom is -0.336 e. The van der Waals surface area contributed by atoms with Gasteiger partial charge in [0.25, 0.3) is 0 Å². The molecule has 0 bridgehead atoms. The molecule has 1 atom stereocenters. The van der Waals surface area contributed by atoms with Crippen molar-refractivity contribution in [3.63, 3.8) is 0 Å². The van der Waals surface area contributed by atoms with E-state index in [1.54, 1.807) is 0 Å². The zero-order valence-corrected chi connectivity index (χ0v) is 9.39. The van der Waals surface area contributed by atoms with Gasteiger partial charge in [-0.2, -0.15) is 0 Å². The van der Waals surface area contributed by atoms with Crippen LogP contribution in [0.3, 0.4) is 0 Å². The summed E-state index contributed by atoms with van der Waals surface area (Å²) in [5.74, 6) is 0.0515. The number of carbonyl (C=O) groups is 1. The van der Waals surface area contributed by atoms with Crippen molar-refractivity contribution in [3.8, 4) is 0 Å². The van der Waals surface area contributed by atoms with E-state index < -0.39 is 0 Å². The van der Waals surface area contributed by atoms with Gasteiger partial charge in [0.1, 0.15) is 6.17 Å². The lowest BCUT2D eigenvalue weighted by Crippen LogP contribution is -2.22. The summed E-state index contributed by atoms with van der Waals surface area (Å²) in [6.45, 7) is 2.43. The van der Waals surface area contributed by atoms with Gasteiger partial charge in [-0.25, -0.2) is 0 Å². The fourth-order valence-electron chi connectivity index (χ4n) is 1.51. The van der Waals surface area contributed by atoms with E-state index in [0.29, 0.717) is 6.54 Å². The van der Waals surface area contributed by atoms with Crippen LogP contribution in [0, 0.1) is 6.92 Å². The van der Waals surface area contributed by atoms with Crippen LogP contribution in [-0.4, -0.2) is 12.5 Å². The van der Waals surface area contributed by atoms with E-state index in [1.165, 1.54) is 5.56 Å². The Bertz CT molecular complexity index is 378. The van der Waals surface area contributed by atoms with Crippen molar-refractivity contribution >= 4 is 21.8 Å². The summed E-state index contributed by atoms with van der Waals surface area (Å²) in [5, 5.41) is 5.94. The van der Waals surface area contributed by atoms with Crippen molar-refractivity contribution in [1.82, 2.24) is 10.6 Å². The van der Waals surface area contributed by atoms with Gasteiger partial charge in [-0.1, -0.05) is 28.1 Å². The van der Waals surface area contributed by atoms with Gasteiger partial charge in [-0.15, -0.1) is 0 Å². The van der Waals surface area contributed by atoms with Gasteiger partial charge < -0.3 is 5.32 Å². The molecule has 14 heavy (non-hydrogen) atoms. The lowest BCUT2D eigenvalue weighted by molar-refractivity contribution is -0.118. The largest absolute Gasteiger partial charge is 0.336 e. The Kier molecular flexibility index (Phi) is 2.56. The number of nitrogens with one attached hydrogen (secondary N) is 2. The highest BCUT2D eigenvalue weighted by atomic mass is 79.9. The molecular weight excluding hydrogens is 244 g/mol. The molecule has 1 saturated heterocycles. The third-order valence-corrected chi connectivity index (χ3v) is 3.18. The molecule has 1 amide bonds. The Hall–Kier alpha value is -0.870. The summed E-state index contributed by atoms with van der Waals surface area (Å²) < 4.78 is 1.09. The van der Waals surface area contributed by atoms with E-state index in [1.807, 2.05) is 19.1 Å². The van der Waals surface area contributed by atoms with E-state index in [2.05, 4.69) is 32.6 Å². The summed E-state index contributed by atoms with van der Waals surface area (Å²) in [6, 6.07) is 6.06. The van der Waals surface area contributed by atoms with E-state index in [-0.39, 0.29) is 12.1 Å². The summed E-state index contributed by atoms with van der Waals surface area (Å²) >= 11 is 3.44. The third-order valence-electron chi connectivity index (χ3n) is 2.29. The zero-order valence-electron chi connectivity index (χ0n) is 7.80. The van der Waals surface area contributed by atoms with Gasteiger partial charge in [0.05, 0.1) is 6.54 Å². The van der Waals surface area contributed by atoms with Gasteiger partial charge in [-0.3, -0.25) is 10.1 Å². The SMILES string of the molecule is Cc1cc(C2NCC(=O)N2)ccc1Br. The second kappa shape index (κ2) is 3.71. The number of benzene rings is 1. The fraction of sp³-hybridized carbons (Fsp3) is 0.300. The number of hydrogen-bond donors (Lipinski definition) is 2. The van der Waals surface area contributed by atoms with E-state index in [9.17, 15) is 4.79 Å². The lowest BCUT2D eigenvalue weighted by Gasteiger charge is -2.11. The molecule has 4 heteroatoms. The first-order chi connectivity index (χ1) is 6.66. The lowest BCUT2D eigenvalue weighted by atomic mass is 10.1. The average molecular weight is 255 g/mol. The second-order valence-electron chi connectivity index (χ2n) is 3.39. The van der Waals surface area contributed by atoms with Crippen LogP contribution in [0.5, 0.6) is 0 Å². The Morgan fingerprint density at radius 1 is 1.50 bits per heavy atom. The highest BCUT2D eigenvalue weighted by molar-refractivity contribution is 9.10. The van der Waals surface area contributed by atoms with E-state index in [4.69, 9.17) is 0 Å². The van der Waals surface area contributed by atoms with Crippen molar-refractivity contribution in [3.05, 3.63) is 33.8 Å². The Balaban J connectivity index is 2.24. The third kappa shape index (κ3) is 1.81. The molecule has 0 aromatic heterocycles. The summed E-state index contributed by atoms with van der Waals surface area (Å²) in [4.78, 5) is 11.0. The topological polar surface area (TPSA) is 41.1 Å². The molecule has 2 N–H and O–H groups in total. The summed E-state index contributed by atoms with van der Waals surface area (Å²) in [6.07, 6.45) is -0.0331. The van der Waals surface area contributed by atoms with Gasteiger partial charge in [0, 0.05) is 4.47 Å². The summed E-state index contributed by atoms with van der Waals surface area (Å²) in [5.41, 5.74) is 2.27. The molecule has 1 fully saturated rings. The maximum atomic E-state index is 11.0. The number of aryl methyl sites for hydroxylation is 1. The monoisotopic (exact) mass is 254 g/mol. The van der Waals surface area contributed by atoms with Crippen molar-refractivity contribution in [2.75, 3.05) is 6.54 Å². The molecule has 1 heterocycles. The molecular formula is C10H11BrN2O. The molecule has 1 aromatic rings. The molecule has 3 nitrogen and oxygen atoms in total. The second-order valence-corrected chi connectivity index (χ2v) is 4.24. The molecule has 0 aliphatic carbocycles. The number of hydrogen-bond acceptors (Lipinski definition) is 2. The van der Waals surface area contributed by atoms with Crippen LogP contribution in [0.25, 0.3) is 0 Å².